The summed E-state index contributed by atoms with van der Waals surface area (Å²) in [5.41, 5.74) is 2.33. The van der Waals surface area contributed by atoms with E-state index in [1.165, 1.54) is 18.5 Å². The van der Waals surface area contributed by atoms with E-state index in [2.05, 4.69) is 46.5 Å². The lowest BCUT2D eigenvalue weighted by Gasteiger charge is -2.32. The van der Waals surface area contributed by atoms with Crippen LogP contribution in [-0.4, -0.2) is 28.8 Å². The highest BCUT2D eigenvalue weighted by Gasteiger charge is 2.16. The van der Waals surface area contributed by atoms with Crippen LogP contribution in [0.25, 0.3) is 0 Å². The van der Waals surface area contributed by atoms with Crippen molar-refractivity contribution in [2.45, 2.75) is 32.9 Å². The molecule has 6 nitrogen and oxygen atoms in total. The van der Waals surface area contributed by atoms with Crippen LogP contribution in [0.15, 0.2) is 59.3 Å². The fraction of sp³-hybridized carbons (Fsp3) is 0.364. The second kappa shape index (κ2) is 8.33. The van der Waals surface area contributed by atoms with Gasteiger partial charge < -0.3 is 14.6 Å². The molecule has 4 rings (SSSR count). The average Bonchev–Trinajstić information content (AvgIpc) is 3.39. The lowest BCUT2D eigenvalue weighted by atomic mass is 9.99. The molecule has 3 heterocycles. The zero-order valence-electron chi connectivity index (χ0n) is 16.2. The van der Waals surface area contributed by atoms with Crippen LogP contribution in [0, 0.1) is 5.92 Å². The molecule has 0 saturated carbocycles. The van der Waals surface area contributed by atoms with Gasteiger partial charge in [0.15, 0.2) is 5.76 Å². The molecular weight excluding hydrogens is 352 g/mol. The van der Waals surface area contributed by atoms with Crippen LogP contribution in [0.4, 0.5) is 5.69 Å². The van der Waals surface area contributed by atoms with Gasteiger partial charge in [0.05, 0.1) is 6.54 Å². The van der Waals surface area contributed by atoms with E-state index in [9.17, 15) is 4.79 Å². The van der Waals surface area contributed by atoms with Gasteiger partial charge in [0, 0.05) is 37.7 Å². The Morgan fingerprint density at radius 3 is 2.86 bits per heavy atom. The number of aromatic nitrogens is 2. The molecule has 1 aliphatic heterocycles. The predicted molar refractivity (Wildman–Crippen MR) is 108 cm³/mol. The van der Waals surface area contributed by atoms with Crippen molar-refractivity contribution in [2.75, 3.05) is 18.0 Å². The average molecular weight is 378 g/mol. The second-order valence-electron chi connectivity index (χ2n) is 7.51. The van der Waals surface area contributed by atoms with E-state index in [0.29, 0.717) is 24.6 Å². The molecule has 6 heteroatoms. The highest BCUT2D eigenvalue weighted by Crippen LogP contribution is 2.23. The number of benzene rings is 1. The molecule has 1 N–H and O–H groups in total. The van der Waals surface area contributed by atoms with Crippen LogP contribution < -0.4 is 10.2 Å². The van der Waals surface area contributed by atoms with Crippen LogP contribution in [0.3, 0.4) is 0 Å². The summed E-state index contributed by atoms with van der Waals surface area (Å²) in [6.45, 7) is 5.54. The molecule has 1 aromatic carbocycles. The predicted octanol–water partition coefficient (Wildman–Crippen LogP) is 3.69. The maximum atomic E-state index is 12.3. The minimum Gasteiger partial charge on any atom is -0.454 e. The Labute approximate surface area is 165 Å². The lowest BCUT2D eigenvalue weighted by molar-refractivity contribution is 0.0921. The van der Waals surface area contributed by atoms with Gasteiger partial charge in [-0.2, -0.15) is 5.10 Å². The molecule has 1 aliphatic rings. The van der Waals surface area contributed by atoms with Gasteiger partial charge in [-0.3, -0.25) is 9.48 Å². The van der Waals surface area contributed by atoms with E-state index >= 15 is 0 Å². The van der Waals surface area contributed by atoms with Crippen molar-refractivity contribution < 1.29 is 9.21 Å². The summed E-state index contributed by atoms with van der Waals surface area (Å²) >= 11 is 0. The molecule has 3 aromatic rings. The second-order valence-corrected chi connectivity index (χ2v) is 7.51. The minimum absolute atomic E-state index is 0.208. The molecule has 1 amide bonds. The molecule has 1 unspecified atom stereocenters. The third-order valence-corrected chi connectivity index (χ3v) is 5.17. The molecule has 146 valence electrons. The molecule has 1 saturated heterocycles. The van der Waals surface area contributed by atoms with Crippen molar-refractivity contribution >= 4 is 11.6 Å². The molecule has 0 spiro atoms. The van der Waals surface area contributed by atoms with E-state index in [1.54, 1.807) is 16.9 Å². The van der Waals surface area contributed by atoms with Gasteiger partial charge in [0.2, 0.25) is 0 Å². The summed E-state index contributed by atoms with van der Waals surface area (Å²) in [4.78, 5) is 14.8. The third kappa shape index (κ3) is 4.44. The Hall–Kier alpha value is -3.02. The van der Waals surface area contributed by atoms with Gasteiger partial charge in [0.25, 0.3) is 5.91 Å². The summed E-state index contributed by atoms with van der Waals surface area (Å²) in [5.74, 6) is 1.56. The molecule has 1 atom stereocenters. The first-order chi connectivity index (χ1) is 13.7. The number of hydrogen-bond acceptors (Lipinski definition) is 4. The van der Waals surface area contributed by atoms with E-state index < -0.39 is 0 Å². The third-order valence-electron chi connectivity index (χ3n) is 5.17. The number of carbonyl (C=O) groups is 1. The Bertz CT molecular complexity index is 899. The number of anilines is 1. The topological polar surface area (TPSA) is 63.3 Å². The first kappa shape index (κ1) is 18.3. The number of nitrogens with zero attached hydrogens (tertiary/aromatic N) is 3. The standard InChI is InChI=1S/C22H26N4O2/c1-17-4-2-12-25(15-17)19-7-5-18(6-8-19)14-23-22(27)21-10-9-20(28-21)16-26-13-3-11-24-26/h3,5-11,13,17H,2,4,12,14-16H2,1H3,(H,23,27). The van der Waals surface area contributed by atoms with Crippen LogP contribution in [0.5, 0.6) is 0 Å². The van der Waals surface area contributed by atoms with Crippen molar-refractivity contribution in [3.63, 3.8) is 0 Å². The van der Waals surface area contributed by atoms with Crippen molar-refractivity contribution in [3.05, 3.63) is 71.9 Å². The fourth-order valence-corrected chi connectivity index (χ4v) is 3.66. The summed E-state index contributed by atoms with van der Waals surface area (Å²) in [6.07, 6.45) is 6.14. The molecular formula is C22H26N4O2. The summed E-state index contributed by atoms with van der Waals surface area (Å²) in [6, 6.07) is 13.8. The van der Waals surface area contributed by atoms with Crippen molar-refractivity contribution in [1.82, 2.24) is 15.1 Å². The van der Waals surface area contributed by atoms with Crippen molar-refractivity contribution in [1.29, 1.82) is 0 Å². The van der Waals surface area contributed by atoms with Crippen LogP contribution in [-0.2, 0) is 13.1 Å². The van der Waals surface area contributed by atoms with E-state index in [4.69, 9.17) is 4.42 Å². The quantitative estimate of drug-likeness (QED) is 0.711. The number of amides is 1. The number of carbonyl (C=O) groups excluding carboxylic acids is 1. The number of nitrogens with one attached hydrogen (secondary N) is 1. The smallest absolute Gasteiger partial charge is 0.287 e. The first-order valence-corrected chi connectivity index (χ1v) is 9.85. The lowest BCUT2D eigenvalue weighted by Crippen LogP contribution is -2.34. The summed E-state index contributed by atoms with van der Waals surface area (Å²) in [7, 11) is 0. The van der Waals surface area contributed by atoms with Crippen molar-refractivity contribution in [2.24, 2.45) is 5.92 Å². The molecule has 1 fully saturated rings. The summed E-state index contributed by atoms with van der Waals surface area (Å²) in [5, 5.41) is 7.06. The van der Waals surface area contributed by atoms with Gasteiger partial charge in [-0.15, -0.1) is 0 Å². The van der Waals surface area contributed by atoms with Crippen molar-refractivity contribution in [3.8, 4) is 0 Å². The highest BCUT2D eigenvalue weighted by molar-refractivity contribution is 5.91. The SMILES string of the molecule is CC1CCCN(c2ccc(CNC(=O)c3ccc(Cn4cccn4)o3)cc2)C1. The maximum Gasteiger partial charge on any atom is 0.287 e. The molecule has 0 bridgehead atoms. The van der Waals surface area contributed by atoms with Gasteiger partial charge in [-0.05, 0) is 54.7 Å². The van der Waals surface area contributed by atoms with E-state index in [0.717, 1.165) is 24.6 Å². The van der Waals surface area contributed by atoms with Gasteiger partial charge in [-0.25, -0.2) is 0 Å². The van der Waals surface area contributed by atoms with E-state index in [1.807, 2.05) is 18.3 Å². The largest absolute Gasteiger partial charge is 0.454 e. The number of hydrogen-bond donors (Lipinski definition) is 1. The number of piperidine rings is 1. The number of furan rings is 1. The van der Waals surface area contributed by atoms with Gasteiger partial charge in [0.1, 0.15) is 5.76 Å². The molecule has 28 heavy (non-hydrogen) atoms. The maximum absolute atomic E-state index is 12.3. The van der Waals surface area contributed by atoms with Crippen LogP contribution >= 0.6 is 0 Å². The van der Waals surface area contributed by atoms with Gasteiger partial charge in [-0.1, -0.05) is 19.1 Å². The zero-order valence-corrected chi connectivity index (χ0v) is 16.2. The van der Waals surface area contributed by atoms with Crippen LogP contribution in [0.1, 0.15) is 41.6 Å². The fourth-order valence-electron chi connectivity index (χ4n) is 3.66. The van der Waals surface area contributed by atoms with Crippen LogP contribution in [0.2, 0.25) is 0 Å². The zero-order chi connectivity index (χ0) is 19.3. The normalized spacial score (nSPS) is 16.9. The van der Waals surface area contributed by atoms with E-state index in [-0.39, 0.29) is 5.91 Å². The Morgan fingerprint density at radius 1 is 1.25 bits per heavy atom. The summed E-state index contributed by atoms with van der Waals surface area (Å²) < 4.78 is 7.39. The Kier molecular flexibility index (Phi) is 5.46. The Morgan fingerprint density at radius 2 is 2.11 bits per heavy atom. The minimum atomic E-state index is -0.208. The highest BCUT2D eigenvalue weighted by atomic mass is 16.4. The first-order valence-electron chi connectivity index (χ1n) is 9.85. The molecule has 2 aromatic heterocycles. The monoisotopic (exact) mass is 378 g/mol. The molecule has 0 aliphatic carbocycles. The number of rotatable bonds is 6. The van der Waals surface area contributed by atoms with Gasteiger partial charge >= 0.3 is 0 Å². The molecule has 0 radical (unpaired) electrons. The Balaban J connectivity index is 1.30.